The zero-order chi connectivity index (χ0) is 14.7. The predicted octanol–water partition coefficient (Wildman–Crippen LogP) is 2.81. The van der Waals surface area contributed by atoms with Crippen LogP contribution in [-0.4, -0.2) is 36.8 Å². The maximum atomic E-state index is 12.1. The highest BCUT2D eigenvalue weighted by Crippen LogP contribution is 2.34. The van der Waals surface area contributed by atoms with E-state index < -0.39 is 22.5 Å². The van der Waals surface area contributed by atoms with Crippen LogP contribution in [-0.2, 0) is 19.0 Å². The lowest BCUT2D eigenvalue weighted by molar-refractivity contribution is -0.159. The number of carbonyl (C=O) groups is 1. The van der Waals surface area contributed by atoms with Gasteiger partial charge in [0.15, 0.2) is 5.38 Å². The summed E-state index contributed by atoms with van der Waals surface area (Å²) < 4.78 is 16.0. The number of carbonyl (C=O) groups excluding carboxylic acids is 1. The van der Waals surface area contributed by atoms with Crippen LogP contribution in [0.15, 0.2) is 24.0 Å². The van der Waals surface area contributed by atoms with Crippen molar-refractivity contribution in [3.63, 3.8) is 0 Å². The van der Waals surface area contributed by atoms with Gasteiger partial charge in [-0.05, 0) is 26.8 Å². The Labute approximate surface area is 119 Å². The second kappa shape index (κ2) is 5.97. The highest BCUT2D eigenvalue weighted by Gasteiger charge is 2.44. The maximum Gasteiger partial charge on any atom is 0.327 e. The molecule has 0 saturated heterocycles. The predicted molar refractivity (Wildman–Crippen MR) is 74.1 cm³/mol. The minimum absolute atomic E-state index is 0.393. The van der Waals surface area contributed by atoms with E-state index in [4.69, 9.17) is 25.8 Å². The van der Waals surface area contributed by atoms with Crippen molar-refractivity contribution in [3.05, 3.63) is 24.0 Å². The van der Waals surface area contributed by atoms with E-state index in [-0.39, 0.29) is 0 Å². The van der Waals surface area contributed by atoms with E-state index in [1.54, 1.807) is 40.0 Å². The van der Waals surface area contributed by atoms with Gasteiger partial charge < -0.3 is 14.2 Å². The summed E-state index contributed by atoms with van der Waals surface area (Å²) in [6, 6.07) is 0. The molecule has 0 spiro atoms. The van der Waals surface area contributed by atoms with Crippen molar-refractivity contribution in [1.82, 2.24) is 0 Å². The second-order valence-corrected chi connectivity index (χ2v) is 5.86. The van der Waals surface area contributed by atoms with Crippen molar-refractivity contribution in [2.24, 2.45) is 0 Å². The summed E-state index contributed by atoms with van der Waals surface area (Å²) in [5, 5.41) is -0.938. The van der Waals surface area contributed by atoms with Crippen molar-refractivity contribution >= 4 is 17.6 Å². The minimum atomic E-state index is -0.940. The van der Waals surface area contributed by atoms with Gasteiger partial charge in [0.05, 0.1) is 12.9 Å². The molecule has 0 aromatic carbocycles. The third-order valence-electron chi connectivity index (χ3n) is 2.80. The molecule has 0 aliphatic heterocycles. The topological polar surface area (TPSA) is 44.8 Å². The highest BCUT2D eigenvalue weighted by atomic mass is 35.5. The number of methoxy groups -OCH3 is 2. The summed E-state index contributed by atoms with van der Waals surface area (Å²) >= 11 is 6.26. The normalized spacial score (nSPS) is 24.6. The molecule has 0 aromatic heterocycles. The van der Waals surface area contributed by atoms with Gasteiger partial charge in [-0.15, -0.1) is 11.6 Å². The number of halogens is 1. The van der Waals surface area contributed by atoms with Gasteiger partial charge in [0.2, 0.25) is 0 Å². The van der Waals surface area contributed by atoms with Crippen molar-refractivity contribution in [2.75, 3.05) is 14.2 Å². The molecule has 0 fully saturated rings. The van der Waals surface area contributed by atoms with Crippen LogP contribution in [0.2, 0.25) is 0 Å². The summed E-state index contributed by atoms with van der Waals surface area (Å²) in [7, 11) is 3.09. The Bertz CT molecular complexity index is 395. The zero-order valence-corrected chi connectivity index (χ0v) is 12.8. The Balaban J connectivity index is 2.89. The first-order valence-electron chi connectivity index (χ1n) is 6.08. The molecule has 2 unspecified atom stereocenters. The molecule has 0 N–H and O–H groups in total. The van der Waals surface area contributed by atoms with Gasteiger partial charge in [0, 0.05) is 13.5 Å². The molecule has 0 aromatic rings. The van der Waals surface area contributed by atoms with Crippen molar-refractivity contribution < 1.29 is 19.0 Å². The third kappa shape index (κ3) is 3.98. The number of hydrogen-bond donors (Lipinski definition) is 0. The fourth-order valence-corrected chi connectivity index (χ4v) is 2.10. The number of esters is 1. The summed E-state index contributed by atoms with van der Waals surface area (Å²) in [6.45, 7) is 5.39. The van der Waals surface area contributed by atoms with E-state index >= 15 is 0 Å². The van der Waals surface area contributed by atoms with E-state index in [2.05, 4.69) is 0 Å². The fraction of sp³-hybridized carbons (Fsp3) is 0.643. The van der Waals surface area contributed by atoms with Crippen LogP contribution in [0.1, 0.15) is 27.2 Å². The summed E-state index contributed by atoms with van der Waals surface area (Å²) in [5.74, 6) is 0.205. The lowest BCUT2D eigenvalue weighted by Crippen LogP contribution is -2.47. The Morgan fingerprint density at radius 1 is 1.42 bits per heavy atom. The number of alkyl halides is 1. The average molecular weight is 289 g/mol. The molecule has 0 heterocycles. The molecule has 2 atom stereocenters. The molecule has 0 radical (unpaired) electrons. The Morgan fingerprint density at radius 2 is 2.05 bits per heavy atom. The van der Waals surface area contributed by atoms with Crippen LogP contribution in [0.25, 0.3) is 0 Å². The molecule has 1 rings (SSSR count). The highest BCUT2D eigenvalue weighted by molar-refractivity contribution is 6.31. The average Bonchev–Trinajstić information content (AvgIpc) is 2.35. The first-order valence-corrected chi connectivity index (χ1v) is 6.52. The molecule has 5 heteroatoms. The van der Waals surface area contributed by atoms with Gasteiger partial charge in [-0.1, -0.05) is 12.2 Å². The number of hydrogen-bond acceptors (Lipinski definition) is 4. The van der Waals surface area contributed by atoms with Crippen molar-refractivity contribution in [3.8, 4) is 0 Å². The molecule has 4 nitrogen and oxygen atoms in total. The van der Waals surface area contributed by atoms with E-state index in [0.717, 1.165) is 0 Å². The van der Waals surface area contributed by atoms with Gasteiger partial charge in [-0.2, -0.15) is 0 Å². The fourth-order valence-electron chi connectivity index (χ4n) is 1.82. The van der Waals surface area contributed by atoms with Crippen LogP contribution < -0.4 is 0 Å². The third-order valence-corrected chi connectivity index (χ3v) is 3.34. The molecule has 1 aliphatic carbocycles. The second-order valence-electron chi connectivity index (χ2n) is 5.43. The van der Waals surface area contributed by atoms with E-state index in [1.165, 1.54) is 7.11 Å². The SMILES string of the molecule is COC1=CC=CC(OC)(C(Cl)C(=O)OC(C)(C)C)C1. The number of rotatable bonds is 4. The molecular weight excluding hydrogens is 268 g/mol. The Hall–Kier alpha value is -1.00. The minimum Gasteiger partial charge on any atom is -0.501 e. The zero-order valence-electron chi connectivity index (χ0n) is 12.0. The van der Waals surface area contributed by atoms with Gasteiger partial charge in [-0.25, -0.2) is 0 Å². The van der Waals surface area contributed by atoms with Crippen LogP contribution in [0.4, 0.5) is 0 Å². The first kappa shape index (κ1) is 16.1. The smallest absolute Gasteiger partial charge is 0.327 e. The summed E-state index contributed by atoms with van der Waals surface area (Å²) in [6.07, 6.45) is 5.74. The largest absolute Gasteiger partial charge is 0.501 e. The van der Waals surface area contributed by atoms with Crippen LogP contribution >= 0.6 is 11.6 Å². The molecule has 0 saturated carbocycles. The van der Waals surface area contributed by atoms with Gasteiger partial charge >= 0.3 is 5.97 Å². The van der Waals surface area contributed by atoms with E-state index in [1.807, 2.05) is 6.08 Å². The lowest BCUT2D eigenvalue weighted by atomic mass is 9.89. The lowest BCUT2D eigenvalue weighted by Gasteiger charge is -2.35. The molecule has 0 bridgehead atoms. The van der Waals surface area contributed by atoms with E-state index in [9.17, 15) is 4.79 Å². The first-order chi connectivity index (χ1) is 8.74. The van der Waals surface area contributed by atoms with Crippen LogP contribution in [0.3, 0.4) is 0 Å². The van der Waals surface area contributed by atoms with Gasteiger partial charge in [0.25, 0.3) is 0 Å². The van der Waals surface area contributed by atoms with Gasteiger partial charge in [-0.3, -0.25) is 4.79 Å². The summed E-state index contributed by atoms with van der Waals surface area (Å²) in [5.41, 5.74) is -1.53. The molecule has 0 amide bonds. The number of allylic oxidation sites excluding steroid dienone is 2. The van der Waals surface area contributed by atoms with Gasteiger partial charge in [0.1, 0.15) is 11.2 Å². The standard InChI is InChI=1S/C14H21ClO4/c1-13(2,3)19-12(16)11(15)14(18-5)8-6-7-10(9-14)17-4/h6-8,11H,9H2,1-5H3. The maximum absolute atomic E-state index is 12.1. The van der Waals surface area contributed by atoms with Crippen molar-refractivity contribution in [2.45, 2.75) is 43.8 Å². The molecule has 19 heavy (non-hydrogen) atoms. The monoisotopic (exact) mass is 288 g/mol. The van der Waals surface area contributed by atoms with Crippen LogP contribution in [0, 0.1) is 0 Å². The molecule has 108 valence electrons. The quantitative estimate of drug-likeness (QED) is 0.589. The van der Waals surface area contributed by atoms with Crippen molar-refractivity contribution in [1.29, 1.82) is 0 Å². The molecular formula is C14H21ClO4. The van der Waals surface area contributed by atoms with E-state index in [0.29, 0.717) is 12.2 Å². The molecule has 1 aliphatic rings. The number of ether oxygens (including phenoxy) is 3. The van der Waals surface area contributed by atoms with Crippen LogP contribution in [0.5, 0.6) is 0 Å². The Kier molecular flexibility index (Phi) is 5.04. The summed E-state index contributed by atoms with van der Waals surface area (Å²) in [4.78, 5) is 12.1. The Morgan fingerprint density at radius 3 is 2.53 bits per heavy atom.